The number of aliphatic carboxylic acids is 1. The maximum absolute atomic E-state index is 10.3. The molecule has 0 unspecified atom stereocenters. The largest absolute Gasteiger partial charge is 0.481 e. The zero-order valence-corrected chi connectivity index (χ0v) is 22.9. The van der Waals surface area contributed by atoms with Crippen molar-refractivity contribution < 1.29 is 45.3 Å². The van der Waals surface area contributed by atoms with Gasteiger partial charge in [0, 0.05) is 6.42 Å². The molecule has 9 nitrogen and oxygen atoms in total. The standard InChI is InChI=1S/C18H32O2.C10H22O7/c1-2-3-4-5-6-7-8-9-10-11-12-13-14-15-16-17-18(19)20;11-1-9(2-12,3-13)7-17-8-10(4-14,5-15)6-16/h6-7,9-10H,2-5,8,11-17H2,1H3,(H,19,20);11-16H,1-8H2/b7-6-,10-9-;. The predicted molar refractivity (Wildman–Crippen MR) is 145 cm³/mol. The summed E-state index contributed by atoms with van der Waals surface area (Å²) in [5.74, 6) is -0.671. The maximum Gasteiger partial charge on any atom is 0.303 e. The SMILES string of the molecule is CCCCC/C=C\C/C=C\CCCCCCCC(=O)O.OCC(CO)(CO)COCC(CO)(CO)CO. The van der Waals surface area contributed by atoms with Gasteiger partial charge in [-0.15, -0.1) is 0 Å². The minimum atomic E-state index is -1.16. The van der Waals surface area contributed by atoms with E-state index >= 15 is 0 Å². The van der Waals surface area contributed by atoms with Crippen molar-refractivity contribution in [3.05, 3.63) is 24.3 Å². The Balaban J connectivity index is 0. The summed E-state index contributed by atoms with van der Waals surface area (Å²) in [6, 6.07) is 0. The van der Waals surface area contributed by atoms with E-state index in [9.17, 15) is 4.79 Å². The first-order valence-corrected chi connectivity index (χ1v) is 13.6. The Kier molecular flexibility index (Phi) is 26.9. The highest BCUT2D eigenvalue weighted by Crippen LogP contribution is 2.19. The Morgan fingerprint density at radius 1 is 0.622 bits per heavy atom. The molecule has 0 heterocycles. The molecular weight excluding hydrogens is 480 g/mol. The third-order valence-electron chi connectivity index (χ3n) is 6.17. The number of carboxylic acids is 1. The van der Waals surface area contributed by atoms with Crippen LogP contribution in [0.3, 0.4) is 0 Å². The first-order valence-electron chi connectivity index (χ1n) is 13.6. The Hall–Kier alpha value is -1.33. The fourth-order valence-corrected chi connectivity index (χ4v) is 3.15. The van der Waals surface area contributed by atoms with Gasteiger partial charge in [-0.3, -0.25) is 4.79 Å². The van der Waals surface area contributed by atoms with E-state index in [4.69, 9.17) is 40.5 Å². The molecule has 0 atom stereocenters. The third-order valence-corrected chi connectivity index (χ3v) is 6.17. The lowest BCUT2D eigenvalue weighted by Gasteiger charge is -2.31. The molecule has 0 amide bonds. The number of aliphatic hydroxyl groups excluding tert-OH is 6. The number of hydrogen-bond donors (Lipinski definition) is 7. The Bertz CT molecular complexity index is 519. The monoisotopic (exact) mass is 534 g/mol. The second-order valence-corrected chi connectivity index (χ2v) is 9.82. The van der Waals surface area contributed by atoms with Crippen LogP contribution in [0.4, 0.5) is 0 Å². The molecule has 0 fully saturated rings. The van der Waals surface area contributed by atoms with E-state index in [0.717, 1.165) is 25.7 Å². The van der Waals surface area contributed by atoms with E-state index in [1.807, 2.05) is 0 Å². The summed E-state index contributed by atoms with van der Waals surface area (Å²) in [7, 11) is 0. The molecule has 0 aromatic rings. The topological polar surface area (TPSA) is 168 Å². The fraction of sp³-hybridized carbons (Fsp3) is 0.821. The lowest BCUT2D eigenvalue weighted by Crippen LogP contribution is -2.43. The molecular formula is C28H54O9. The molecule has 37 heavy (non-hydrogen) atoms. The number of allylic oxidation sites excluding steroid dienone is 4. The Morgan fingerprint density at radius 2 is 1.03 bits per heavy atom. The van der Waals surface area contributed by atoms with Crippen LogP contribution in [0.5, 0.6) is 0 Å². The number of hydrogen-bond acceptors (Lipinski definition) is 8. The summed E-state index contributed by atoms with van der Waals surface area (Å²) in [4.78, 5) is 10.3. The molecule has 0 aliphatic rings. The van der Waals surface area contributed by atoms with E-state index in [-0.39, 0.29) is 13.2 Å². The van der Waals surface area contributed by atoms with Crippen LogP contribution in [0.2, 0.25) is 0 Å². The van der Waals surface area contributed by atoms with Gasteiger partial charge in [-0.2, -0.15) is 0 Å². The van der Waals surface area contributed by atoms with Crippen LogP contribution < -0.4 is 0 Å². The Labute approximate surface area is 223 Å². The smallest absolute Gasteiger partial charge is 0.303 e. The zero-order valence-electron chi connectivity index (χ0n) is 22.9. The number of rotatable bonds is 24. The number of carbonyl (C=O) groups is 1. The maximum atomic E-state index is 10.3. The summed E-state index contributed by atoms with van der Waals surface area (Å²) in [6.45, 7) is -0.770. The summed E-state index contributed by atoms with van der Waals surface area (Å²) in [5, 5.41) is 62.7. The molecule has 220 valence electrons. The average molecular weight is 535 g/mol. The van der Waals surface area contributed by atoms with Crippen molar-refractivity contribution in [2.75, 3.05) is 52.9 Å². The van der Waals surface area contributed by atoms with Crippen LogP contribution in [0, 0.1) is 10.8 Å². The van der Waals surface area contributed by atoms with Gasteiger partial charge in [0.05, 0.1) is 63.7 Å². The van der Waals surface area contributed by atoms with Crippen LogP contribution in [0.1, 0.15) is 84.0 Å². The van der Waals surface area contributed by atoms with Crippen molar-refractivity contribution in [2.45, 2.75) is 84.0 Å². The van der Waals surface area contributed by atoms with Gasteiger partial charge < -0.3 is 40.5 Å². The van der Waals surface area contributed by atoms with E-state index in [1.165, 1.54) is 44.9 Å². The first kappa shape index (κ1) is 37.8. The van der Waals surface area contributed by atoms with Gasteiger partial charge in [-0.1, -0.05) is 63.3 Å². The molecule has 0 rings (SSSR count). The molecule has 0 aliphatic heterocycles. The van der Waals surface area contributed by atoms with Crippen LogP contribution in [0.15, 0.2) is 24.3 Å². The van der Waals surface area contributed by atoms with Gasteiger partial charge in [-0.05, 0) is 38.5 Å². The van der Waals surface area contributed by atoms with Crippen molar-refractivity contribution in [2.24, 2.45) is 10.8 Å². The predicted octanol–water partition coefficient (Wildman–Crippen LogP) is 2.81. The molecule has 0 aromatic heterocycles. The highest BCUT2D eigenvalue weighted by atomic mass is 16.5. The minimum Gasteiger partial charge on any atom is -0.481 e. The van der Waals surface area contributed by atoms with Crippen molar-refractivity contribution in [3.63, 3.8) is 0 Å². The second-order valence-electron chi connectivity index (χ2n) is 9.82. The zero-order chi connectivity index (χ0) is 28.3. The van der Waals surface area contributed by atoms with Crippen molar-refractivity contribution >= 4 is 5.97 Å². The van der Waals surface area contributed by atoms with Crippen LogP contribution >= 0.6 is 0 Å². The molecule has 0 radical (unpaired) electrons. The Morgan fingerprint density at radius 3 is 1.43 bits per heavy atom. The molecule has 0 spiro atoms. The number of carboxylic acid groups (broad SMARTS) is 1. The van der Waals surface area contributed by atoms with Crippen molar-refractivity contribution in [1.29, 1.82) is 0 Å². The van der Waals surface area contributed by atoms with E-state index < -0.39 is 56.4 Å². The number of unbranched alkanes of at least 4 members (excludes halogenated alkanes) is 8. The van der Waals surface area contributed by atoms with E-state index in [1.54, 1.807) is 0 Å². The third kappa shape index (κ3) is 21.3. The fourth-order valence-electron chi connectivity index (χ4n) is 3.15. The number of aliphatic hydroxyl groups is 6. The minimum absolute atomic E-state index is 0.141. The lowest BCUT2D eigenvalue weighted by atomic mass is 9.91. The van der Waals surface area contributed by atoms with Crippen molar-refractivity contribution in [3.8, 4) is 0 Å². The van der Waals surface area contributed by atoms with Crippen LogP contribution in [0.25, 0.3) is 0 Å². The van der Waals surface area contributed by atoms with Gasteiger partial charge in [0.25, 0.3) is 0 Å². The summed E-state index contributed by atoms with van der Waals surface area (Å²) in [6.07, 6.45) is 22.3. The van der Waals surface area contributed by atoms with E-state index in [0.29, 0.717) is 6.42 Å². The normalized spacial score (nSPS) is 12.3. The highest BCUT2D eigenvalue weighted by molar-refractivity contribution is 5.66. The molecule has 0 aromatic carbocycles. The van der Waals surface area contributed by atoms with Gasteiger partial charge in [0.2, 0.25) is 0 Å². The molecule has 0 aliphatic carbocycles. The highest BCUT2D eigenvalue weighted by Gasteiger charge is 2.32. The van der Waals surface area contributed by atoms with Crippen LogP contribution in [-0.2, 0) is 9.53 Å². The molecule has 9 heteroatoms. The van der Waals surface area contributed by atoms with Crippen molar-refractivity contribution in [1.82, 2.24) is 0 Å². The molecule has 0 saturated heterocycles. The summed E-state index contributed by atoms with van der Waals surface area (Å²) in [5.41, 5.74) is -2.32. The van der Waals surface area contributed by atoms with Gasteiger partial charge in [0.15, 0.2) is 0 Å². The summed E-state index contributed by atoms with van der Waals surface area (Å²) >= 11 is 0. The number of ether oxygens (including phenoxy) is 1. The summed E-state index contributed by atoms with van der Waals surface area (Å²) < 4.78 is 5.15. The van der Waals surface area contributed by atoms with Gasteiger partial charge >= 0.3 is 5.97 Å². The van der Waals surface area contributed by atoms with Crippen LogP contribution in [-0.4, -0.2) is 94.6 Å². The molecule has 0 bridgehead atoms. The molecule has 7 N–H and O–H groups in total. The van der Waals surface area contributed by atoms with Gasteiger partial charge in [0.1, 0.15) is 0 Å². The average Bonchev–Trinajstić information content (AvgIpc) is 2.92. The van der Waals surface area contributed by atoms with Gasteiger partial charge in [-0.25, -0.2) is 0 Å². The van der Waals surface area contributed by atoms with E-state index in [2.05, 4.69) is 31.2 Å². The quantitative estimate of drug-likeness (QED) is 0.0727. The first-order chi connectivity index (χ1) is 17.8. The lowest BCUT2D eigenvalue weighted by molar-refractivity contribution is -0.137. The second kappa shape index (κ2) is 26.3. The molecule has 0 saturated carbocycles.